The number of hydrogen-bond acceptors (Lipinski definition) is 2. The van der Waals surface area contributed by atoms with Crippen LogP contribution in [0.3, 0.4) is 0 Å². The molecule has 0 aromatic rings. The molecule has 0 saturated carbocycles. The fourth-order valence-electron chi connectivity index (χ4n) is 0.375. The highest BCUT2D eigenvalue weighted by atomic mass is 32.5. The van der Waals surface area contributed by atoms with Gasteiger partial charge in [0.1, 0.15) is 0 Å². The van der Waals surface area contributed by atoms with Crippen LogP contribution in [0.25, 0.3) is 0 Å². The van der Waals surface area contributed by atoms with E-state index in [9.17, 15) is 45.4 Å². The summed E-state index contributed by atoms with van der Waals surface area (Å²) in [5, 5.41) is -15.6. The van der Waals surface area contributed by atoms with Crippen molar-refractivity contribution < 1.29 is 50.0 Å². The normalized spacial score (nSPS) is 20.1. The highest BCUT2D eigenvalue weighted by molar-refractivity contribution is 8.46. The van der Waals surface area contributed by atoms with Gasteiger partial charge in [-0.3, -0.25) is 4.55 Å². The van der Waals surface area contributed by atoms with E-state index in [4.69, 9.17) is 4.55 Å². The van der Waals surface area contributed by atoms with Gasteiger partial charge in [-0.2, -0.15) is 26.0 Å². The standard InChI is InChI=1S/C2HF9O3S2/c3-1(4,15(12,13)14)2(5,6)16(7,8,9,10)11/h(H,12,13,14). The largest absolute Gasteiger partial charge is 0.461 e. The van der Waals surface area contributed by atoms with E-state index < -0.39 is 30.9 Å². The van der Waals surface area contributed by atoms with Crippen molar-refractivity contribution in [1.29, 1.82) is 0 Å². The zero-order chi connectivity index (χ0) is 13.9. The molecule has 0 spiro atoms. The van der Waals surface area contributed by atoms with Crippen LogP contribution in [-0.4, -0.2) is 23.5 Å². The Morgan fingerprint density at radius 2 is 1.12 bits per heavy atom. The van der Waals surface area contributed by atoms with Gasteiger partial charge in [0.05, 0.1) is 0 Å². The molecular weight excluding hydrogens is 307 g/mol. The van der Waals surface area contributed by atoms with Crippen molar-refractivity contribution >= 4 is 20.3 Å². The summed E-state index contributed by atoms with van der Waals surface area (Å²) in [6.45, 7) is 0. The molecule has 16 heavy (non-hydrogen) atoms. The zero-order valence-corrected chi connectivity index (χ0v) is 8.11. The maximum absolute atomic E-state index is 12.2. The van der Waals surface area contributed by atoms with Crippen LogP contribution in [0.5, 0.6) is 0 Å². The van der Waals surface area contributed by atoms with E-state index in [2.05, 4.69) is 0 Å². The minimum absolute atomic E-state index is 7.37. The first kappa shape index (κ1) is 15.6. The molecule has 102 valence electrons. The first-order valence-corrected chi connectivity index (χ1v) is 6.09. The summed E-state index contributed by atoms with van der Waals surface area (Å²) in [5.41, 5.74) is 0. The molecule has 0 atom stereocenters. The number of rotatable bonds is 3. The van der Waals surface area contributed by atoms with Crippen LogP contribution in [0.15, 0.2) is 0 Å². The van der Waals surface area contributed by atoms with Crippen molar-refractivity contribution in [3.05, 3.63) is 0 Å². The molecule has 0 aromatic heterocycles. The van der Waals surface area contributed by atoms with Gasteiger partial charge >= 0.3 is 30.9 Å². The zero-order valence-electron chi connectivity index (χ0n) is 6.48. The first-order chi connectivity index (χ1) is 6.25. The van der Waals surface area contributed by atoms with Gasteiger partial charge in [-0.1, -0.05) is 19.4 Å². The van der Waals surface area contributed by atoms with Crippen LogP contribution in [0.1, 0.15) is 0 Å². The molecule has 0 fully saturated rings. The molecule has 3 nitrogen and oxygen atoms in total. The topological polar surface area (TPSA) is 54.4 Å². The van der Waals surface area contributed by atoms with Gasteiger partial charge in [-0.25, -0.2) is 0 Å². The van der Waals surface area contributed by atoms with Crippen molar-refractivity contribution in [3.8, 4) is 0 Å². The van der Waals surface area contributed by atoms with Gasteiger partial charge in [0.25, 0.3) is 0 Å². The predicted molar refractivity (Wildman–Crippen MR) is 34.6 cm³/mol. The lowest BCUT2D eigenvalue weighted by Gasteiger charge is -2.47. The molecular formula is C2HF9O3S2. The minimum atomic E-state index is -12.2. The highest BCUT2D eigenvalue weighted by Gasteiger charge is 2.94. The summed E-state index contributed by atoms with van der Waals surface area (Å²) in [5.74, 6) is 0. The van der Waals surface area contributed by atoms with Crippen LogP contribution >= 0.6 is 10.2 Å². The smallest absolute Gasteiger partial charge is 0.281 e. The Balaban J connectivity index is 6.18. The maximum Gasteiger partial charge on any atom is 0.461 e. The van der Waals surface area contributed by atoms with Crippen molar-refractivity contribution in [3.63, 3.8) is 0 Å². The third-order valence-electron chi connectivity index (χ3n) is 1.15. The molecule has 0 unspecified atom stereocenters. The lowest BCUT2D eigenvalue weighted by Crippen LogP contribution is -2.53. The second-order valence-electron chi connectivity index (χ2n) is 2.48. The Kier molecular flexibility index (Phi) is 2.49. The van der Waals surface area contributed by atoms with Crippen molar-refractivity contribution in [2.75, 3.05) is 0 Å². The number of halogens is 9. The highest BCUT2D eigenvalue weighted by Crippen LogP contribution is 3.05. The van der Waals surface area contributed by atoms with Crippen molar-refractivity contribution in [2.45, 2.75) is 10.5 Å². The molecule has 0 rings (SSSR count). The van der Waals surface area contributed by atoms with E-state index in [0.717, 1.165) is 0 Å². The molecule has 0 radical (unpaired) electrons. The fourth-order valence-corrected chi connectivity index (χ4v) is 1.91. The fraction of sp³-hybridized carbons (Fsp3) is 1.00. The summed E-state index contributed by atoms with van der Waals surface area (Å²) in [7, 11) is -19.5. The third-order valence-corrected chi connectivity index (χ3v) is 3.41. The molecule has 0 heterocycles. The monoisotopic (exact) mass is 308 g/mol. The van der Waals surface area contributed by atoms with E-state index in [-0.39, 0.29) is 0 Å². The Hall–Kier alpha value is -0.370. The molecule has 14 heteroatoms. The molecule has 0 aromatic carbocycles. The number of alkyl halides is 4. The molecule has 1 N–H and O–H groups in total. The van der Waals surface area contributed by atoms with Crippen molar-refractivity contribution in [2.24, 2.45) is 0 Å². The Labute approximate surface area is 81.7 Å². The molecule has 0 aliphatic rings. The van der Waals surface area contributed by atoms with E-state index in [0.29, 0.717) is 0 Å². The second kappa shape index (κ2) is 2.55. The van der Waals surface area contributed by atoms with E-state index in [1.54, 1.807) is 0 Å². The first-order valence-electron chi connectivity index (χ1n) is 2.70. The summed E-state index contributed by atoms with van der Waals surface area (Å²) in [6, 6.07) is 0. The lowest BCUT2D eigenvalue weighted by molar-refractivity contribution is -0.123. The summed E-state index contributed by atoms with van der Waals surface area (Å²) in [4.78, 5) is 0. The number of hydrogen-bond donors (Lipinski definition) is 1. The lowest BCUT2D eigenvalue weighted by atomic mass is 10.7. The summed E-state index contributed by atoms with van der Waals surface area (Å²) in [6.07, 6.45) is 0. The van der Waals surface area contributed by atoms with Gasteiger partial charge in [0, 0.05) is 0 Å². The SMILES string of the molecule is O=S(=O)(O)C(F)(F)C(F)(F)S(F)(F)(F)(F)F. The van der Waals surface area contributed by atoms with Gasteiger partial charge in [0.15, 0.2) is 0 Å². The van der Waals surface area contributed by atoms with Gasteiger partial charge in [0.2, 0.25) is 0 Å². The van der Waals surface area contributed by atoms with Crippen LogP contribution in [0.2, 0.25) is 0 Å². The maximum atomic E-state index is 11.9. The third kappa shape index (κ3) is 2.04. The molecule has 0 aliphatic carbocycles. The van der Waals surface area contributed by atoms with Gasteiger partial charge in [-0.05, 0) is 0 Å². The van der Waals surface area contributed by atoms with Gasteiger partial charge < -0.3 is 0 Å². The van der Waals surface area contributed by atoms with E-state index in [1.165, 1.54) is 0 Å². The predicted octanol–water partition coefficient (Wildman–Crippen LogP) is 3.36. The van der Waals surface area contributed by atoms with E-state index in [1.807, 2.05) is 0 Å². The molecule has 0 aliphatic heterocycles. The van der Waals surface area contributed by atoms with Crippen LogP contribution < -0.4 is 0 Å². The van der Waals surface area contributed by atoms with Crippen LogP contribution in [0.4, 0.5) is 37.0 Å². The van der Waals surface area contributed by atoms with Crippen molar-refractivity contribution in [1.82, 2.24) is 0 Å². The Morgan fingerprint density at radius 1 is 0.875 bits per heavy atom. The molecule has 0 amide bonds. The Bertz CT molecular complexity index is 401. The molecule has 0 bridgehead atoms. The minimum Gasteiger partial charge on any atom is -0.281 e. The second-order valence-corrected chi connectivity index (χ2v) is 6.39. The van der Waals surface area contributed by atoms with Crippen LogP contribution in [-0.2, 0) is 10.1 Å². The summed E-state index contributed by atoms with van der Waals surface area (Å²) >= 11 is 0. The molecule has 0 saturated heterocycles. The average molecular weight is 308 g/mol. The average Bonchev–Trinajstić information content (AvgIpc) is 1.77. The van der Waals surface area contributed by atoms with Crippen LogP contribution in [0, 0.1) is 0 Å². The van der Waals surface area contributed by atoms with Gasteiger partial charge in [-0.15, -0.1) is 0 Å². The summed E-state index contributed by atoms with van der Waals surface area (Å²) < 4.78 is 131. The quantitative estimate of drug-likeness (QED) is 0.642. The Morgan fingerprint density at radius 3 is 1.19 bits per heavy atom. The van der Waals surface area contributed by atoms with E-state index >= 15 is 0 Å².